The van der Waals surface area contributed by atoms with E-state index in [0.717, 1.165) is 34.0 Å². The Balaban J connectivity index is 0.000000261. The van der Waals surface area contributed by atoms with Crippen molar-refractivity contribution >= 4 is 68.9 Å². The van der Waals surface area contributed by atoms with Gasteiger partial charge in [0.15, 0.2) is 0 Å². The summed E-state index contributed by atoms with van der Waals surface area (Å²) >= 11 is 24.0. The van der Waals surface area contributed by atoms with Crippen LogP contribution in [0, 0.1) is 0 Å². The van der Waals surface area contributed by atoms with Crippen molar-refractivity contribution in [1.82, 2.24) is 10.3 Å². The largest absolute Gasteiger partial charge is 0.338 e. The van der Waals surface area contributed by atoms with Crippen LogP contribution in [0.2, 0.25) is 20.1 Å². The Morgan fingerprint density at radius 2 is 1.37 bits per heavy atom. The van der Waals surface area contributed by atoms with Crippen molar-refractivity contribution in [3.05, 3.63) is 104 Å². The van der Waals surface area contributed by atoms with Crippen LogP contribution in [0.3, 0.4) is 0 Å². The number of fused-ring (bicyclic) bond motifs is 1. The van der Waals surface area contributed by atoms with E-state index in [2.05, 4.69) is 15.6 Å². The molecule has 0 fully saturated rings. The molecule has 0 spiro atoms. The Bertz CT molecular complexity index is 1250. The Kier molecular flexibility index (Phi) is 10.5. The third-order valence-corrected chi connectivity index (χ3v) is 6.52. The molecule has 0 aliphatic heterocycles. The SMILES string of the molecule is NCCc1c(Cl)cccc1Cl.O=C(NCCc1c(Cl)cccc1Cl)Nc1cccc2cnccc12. The minimum absolute atomic E-state index is 0.275. The Morgan fingerprint density at radius 1 is 0.800 bits per heavy atom. The third-order valence-electron chi connectivity index (χ3n) is 5.11. The molecule has 9 heteroatoms. The number of aromatic nitrogens is 1. The first kappa shape index (κ1) is 27.1. The maximum atomic E-state index is 12.1. The minimum Gasteiger partial charge on any atom is -0.338 e. The predicted octanol–water partition coefficient (Wildman–Crippen LogP) is 7.40. The lowest BCUT2D eigenvalue weighted by atomic mass is 10.1. The lowest BCUT2D eigenvalue weighted by molar-refractivity contribution is 0.252. The van der Waals surface area contributed by atoms with Crippen LogP contribution in [0.5, 0.6) is 0 Å². The zero-order valence-corrected chi connectivity index (χ0v) is 21.7. The van der Waals surface area contributed by atoms with Gasteiger partial charge in [0.25, 0.3) is 0 Å². The highest BCUT2D eigenvalue weighted by Crippen LogP contribution is 2.25. The molecule has 0 unspecified atom stereocenters. The molecule has 0 atom stereocenters. The number of amides is 2. The summed E-state index contributed by atoms with van der Waals surface area (Å²) in [7, 11) is 0. The van der Waals surface area contributed by atoms with E-state index < -0.39 is 0 Å². The number of hydrogen-bond donors (Lipinski definition) is 3. The molecule has 0 aliphatic rings. The van der Waals surface area contributed by atoms with Gasteiger partial charge in [0.1, 0.15) is 0 Å². The van der Waals surface area contributed by atoms with E-state index in [4.69, 9.17) is 52.1 Å². The van der Waals surface area contributed by atoms with Crippen molar-refractivity contribution < 1.29 is 4.79 Å². The zero-order valence-electron chi connectivity index (χ0n) is 18.7. The number of halogens is 4. The Labute approximate surface area is 224 Å². The van der Waals surface area contributed by atoms with Crippen molar-refractivity contribution in [2.75, 3.05) is 18.4 Å². The fourth-order valence-electron chi connectivity index (χ4n) is 3.39. The summed E-state index contributed by atoms with van der Waals surface area (Å²) in [5.74, 6) is 0. The number of carbonyl (C=O) groups is 1. The summed E-state index contributed by atoms with van der Waals surface area (Å²) in [6.07, 6.45) is 4.76. The molecule has 1 aromatic heterocycles. The number of nitrogens with zero attached hydrogens (tertiary/aromatic N) is 1. The summed E-state index contributed by atoms with van der Waals surface area (Å²) in [5, 5.41) is 10.2. The Hall–Kier alpha value is -2.54. The number of benzene rings is 3. The minimum atomic E-state index is -0.275. The third kappa shape index (κ3) is 7.72. The average molecular weight is 550 g/mol. The number of rotatable bonds is 6. The van der Waals surface area contributed by atoms with Gasteiger partial charge in [-0.05, 0) is 66.9 Å². The van der Waals surface area contributed by atoms with Crippen molar-refractivity contribution in [2.24, 2.45) is 5.73 Å². The molecule has 4 aromatic rings. The quantitative estimate of drug-likeness (QED) is 0.234. The van der Waals surface area contributed by atoms with Gasteiger partial charge >= 0.3 is 6.03 Å². The average Bonchev–Trinajstić information content (AvgIpc) is 2.84. The monoisotopic (exact) mass is 548 g/mol. The number of nitrogens with two attached hydrogens (primary N) is 1. The van der Waals surface area contributed by atoms with Crippen molar-refractivity contribution in [2.45, 2.75) is 12.8 Å². The second kappa shape index (κ2) is 13.5. The van der Waals surface area contributed by atoms with Gasteiger partial charge in [0.05, 0.1) is 5.69 Å². The maximum Gasteiger partial charge on any atom is 0.319 e. The van der Waals surface area contributed by atoms with Gasteiger partial charge in [0, 0.05) is 49.8 Å². The molecule has 0 saturated heterocycles. The number of carbonyl (C=O) groups excluding carboxylic acids is 1. The van der Waals surface area contributed by atoms with Crippen LogP contribution < -0.4 is 16.4 Å². The molecule has 1 heterocycles. The van der Waals surface area contributed by atoms with Crippen molar-refractivity contribution in [3.8, 4) is 0 Å². The first-order chi connectivity index (χ1) is 16.9. The smallest absolute Gasteiger partial charge is 0.319 e. The molecule has 35 heavy (non-hydrogen) atoms. The van der Waals surface area contributed by atoms with Crippen LogP contribution in [0.1, 0.15) is 11.1 Å². The van der Waals surface area contributed by atoms with Crippen LogP contribution in [-0.2, 0) is 12.8 Å². The first-order valence-electron chi connectivity index (χ1n) is 10.8. The number of pyridine rings is 1. The molecule has 0 aliphatic carbocycles. The molecule has 3 aromatic carbocycles. The molecule has 5 nitrogen and oxygen atoms in total. The fraction of sp³-hybridized carbons (Fsp3) is 0.154. The summed E-state index contributed by atoms with van der Waals surface area (Å²) in [6, 6.07) is 18.1. The number of nitrogens with one attached hydrogen (secondary N) is 2. The van der Waals surface area contributed by atoms with Gasteiger partial charge in [-0.25, -0.2) is 4.79 Å². The molecular formula is C26H24Cl4N4O. The highest BCUT2D eigenvalue weighted by molar-refractivity contribution is 6.36. The summed E-state index contributed by atoms with van der Waals surface area (Å²) in [4.78, 5) is 16.2. The van der Waals surface area contributed by atoms with Gasteiger partial charge in [0.2, 0.25) is 0 Å². The van der Waals surface area contributed by atoms with E-state index in [1.54, 1.807) is 30.6 Å². The number of urea groups is 1. The summed E-state index contributed by atoms with van der Waals surface area (Å²) < 4.78 is 0. The normalized spacial score (nSPS) is 10.4. The molecule has 0 bridgehead atoms. The van der Waals surface area contributed by atoms with E-state index in [-0.39, 0.29) is 6.03 Å². The summed E-state index contributed by atoms with van der Waals surface area (Å²) in [6.45, 7) is 1.01. The van der Waals surface area contributed by atoms with Gasteiger partial charge in [-0.2, -0.15) is 0 Å². The zero-order chi connectivity index (χ0) is 25.2. The van der Waals surface area contributed by atoms with Crippen molar-refractivity contribution in [1.29, 1.82) is 0 Å². The van der Waals surface area contributed by atoms with Crippen LogP contribution in [-0.4, -0.2) is 24.1 Å². The lowest BCUT2D eigenvalue weighted by Crippen LogP contribution is -2.30. The Morgan fingerprint density at radius 3 is 1.97 bits per heavy atom. The van der Waals surface area contributed by atoms with E-state index in [1.807, 2.05) is 42.5 Å². The van der Waals surface area contributed by atoms with E-state index >= 15 is 0 Å². The van der Waals surface area contributed by atoms with Gasteiger partial charge < -0.3 is 16.4 Å². The fourth-order valence-corrected chi connectivity index (χ4v) is 4.56. The number of anilines is 1. The number of hydrogen-bond acceptors (Lipinski definition) is 3. The predicted molar refractivity (Wildman–Crippen MR) is 148 cm³/mol. The first-order valence-corrected chi connectivity index (χ1v) is 12.3. The van der Waals surface area contributed by atoms with Gasteiger partial charge in [-0.15, -0.1) is 0 Å². The molecule has 2 amide bonds. The standard InChI is InChI=1S/C18H15Cl2N3O.C8H9Cl2N/c19-15-4-2-5-16(20)14(15)8-10-22-18(24)23-17-6-1-3-12-11-21-9-7-13(12)17;9-7-2-1-3-8(10)6(7)4-5-11/h1-7,9,11H,8,10H2,(H2,22,23,24);1-3H,4-5,11H2. The van der Waals surface area contributed by atoms with Gasteiger partial charge in [-0.1, -0.05) is 70.7 Å². The highest BCUT2D eigenvalue weighted by atomic mass is 35.5. The molecule has 4 N–H and O–H groups in total. The lowest BCUT2D eigenvalue weighted by Gasteiger charge is -2.11. The van der Waals surface area contributed by atoms with E-state index in [9.17, 15) is 4.79 Å². The summed E-state index contributed by atoms with van der Waals surface area (Å²) in [5.41, 5.74) is 7.89. The van der Waals surface area contributed by atoms with Crippen LogP contribution in [0.15, 0.2) is 73.1 Å². The second-order valence-electron chi connectivity index (χ2n) is 7.47. The molecular weight excluding hydrogens is 526 g/mol. The van der Waals surface area contributed by atoms with E-state index in [1.165, 1.54) is 0 Å². The van der Waals surface area contributed by atoms with Crippen LogP contribution in [0.4, 0.5) is 10.5 Å². The van der Waals surface area contributed by atoms with Gasteiger partial charge in [-0.3, -0.25) is 4.98 Å². The van der Waals surface area contributed by atoms with Crippen molar-refractivity contribution in [3.63, 3.8) is 0 Å². The molecule has 0 radical (unpaired) electrons. The molecule has 4 rings (SSSR count). The van der Waals surface area contributed by atoms with E-state index in [0.29, 0.717) is 39.6 Å². The molecule has 0 saturated carbocycles. The van der Waals surface area contributed by atoms with Crippen LogP contribution >= 0.6 is 46.4 Å². The topological polar surface area (TPSA) is 80.0 Å². The van der Waals surface area contributed by atoms with Crippen LogP contribution in [0.25, 0.3) is 10.8 Å². The maximum absolute atomic E-state index is 12.1. The highest BCUT2D eigenvalue weighted by Gasteiger charge is 2.08. The molecule has 182 valence electrons. The second-order valence-corrected chi connectivity index (χ2v) is 9.10.